The molecule has 0 spiro atoms. The van der Waals surface area contributed by atoms with Crippen LogP contribution >= 0.6 is 0 Å². The number of hydrogen-bond acceptors (Lipinski definition) is 5. The Labute approximate surface area is 164 Å². The van der Waals surface area contributed by atoms with Gasteiger partial charge in [0.15, 0.2) is 5.96 Å². The van der Waals surface area contributed by atoms with Crippen molar-refractivity contribution in [3.8, 4) is 0 Å². The Balaban J connectivity index is 1.88. The molecule has 0 aliphatic rings. The van der Waals surface area contributed by atoms with Crippen molar-refractivity contribution in [2.24, 2.45) is 4.99 Å². The third-order valence-corrected chi connectivity index (χ3v) is 5.33. The van der Waals surface area contributed by atoms with Crippen molar-refractivity contribution >= 4 is 21.7 Å². The van der Waals surface area contributed by atoms with Gasteiger partial charge in [-0.05, 0) is 11.6 Å². The van der Waals surface area contributed by atoms with E-state index in [1.165, 1.54) is 18.2 Å². The van der Waals surface area contributed by atoms with Crippen LogP contribution in [-0.4, -0.2) is 51.4 Å². The van der Waals surface area contributed by atoms with Crippen molar-refractivity contribution in [2.75, 3.05) is 27.2 Å². The molecule has 10 heteroatoms. The van der Waals surface area contributed by atoms with Crippen LogP contribution in [0.25, 0.3) is 0 Å². The summed E-state index contributed by atoms with van der Waals surface area (Å²) < 4.78 is 27.0. The monoisotopic (exact) mass is 405 g/mol. The standard InChI is InChI=1S/C18H23N5O4S/c1-19-18(22(2)14-15-7-4-3-5-8-15)20-11-12-21-28(26,27)17-10-6-9-16(13-17)23(24)25/h3-10,13,21H,11-12,14H2,1-2H3,(H,19,20). The molecule has 0 saturated heterocycles. The molecule has 0 bridgehead atoms. The molecule has 28 heavy (non-hydrogen) atoms. The van der Waals surface area contributed by atoms with Gasteiger partial charge in [0.05, 0.1) is 9.82 Å². The first-order valence-electron chi connectivity index (χ1n) is 8.53. The topological polar surface area (TPSA) is 117 Å². The molecule has 2 aromatic rings. The summed E-state index contributed by atoms with van der Waals surface area (Å²) in [5.74, 6) is 0.624. The van der Waals surface area contributed by atoms with Gasteiger partial charge in [-0.1, -0.05) is 36.4 Å². The molecule has 0 saturated carbocycles. The van der Waals surface area contributed by atoms with Gasteiger partial charge >= 0.3 is 0 Å². The zero-order chi connectivity index (χ0) is 20.6. The van der Waals surface area contributed by atoms with Gasteiger partial charge < -0.3 is 10.2 Å². The van der Waals surface area contributed by atoms with Gasteiger partial charge in [-0.3, -0.25) is 15.1 Å². The van der Waals surface area contributed by atoms with E-state index in [2.05, 4.69) is 15.0 Å². The second kappa shape index (κ2) is 9.81. The maximum Gasteiger partial charge on any atom is 0.270 e. The molecule has 2 aromatic carbocycles. The second-order valence-corrected chi connectivity index (χ2v) is 7.73. The van der Waals surface area contributed by atoms with Gasteiger partial charge in [-0.2, -0.15) is 0 Å². The summed E-state index contributed by atoms with van der Waals surface area (Å²) in [4.78, 5) is 16.1. The molecule has 2 rings (SSSR count). The predicted octanol–water partition coefficient (Wildman–Crippen LogP) is 1.58. The highest BCUT2D eigenvalue weighted by Gasteiger charge is 2.17. The van der Waals surface area contributed by atoms with E-state index < -0.39 is 14.9 Å². The van der Waals surface area contributed by atoms with Crippen LogP contribution in [0.1, 0.15) is 5.56 Å². The van der Waals surface area contributed by atoms with Gasteiger partial charge in [-0.25, -0.2) is 13.1 Å². The Hall–Kier alpha value is -2.98. The lowest BCUT2D eigenvalue weighted by Gasteiger charge is -2.22. The SMILES string of the molecule is CN=C(NCCNS(=O)(=O)c1cccc([N+](=O)[O-])c1)N(C)Cc1ccccc1. The van der Waals surface area contributed by atoms with E-state index >= 15 is 0 Å². The van der Waals surface area contributed by atoms with Gasteiger partial charge in [0, 0.05) is 45.9 Å². The number of aliphatic imine (C=N–C) groups is 1. The predicted molar refractivity (Wildman–Crippen MR) is 108 cm³/mol. The van der Waals surface area contributed by atoms with Gasteiger partial charge in [0.25, 0.3) is 5.69 Å². The zero-order valence-corrected chi connectivity index (χ0v) is 16.5. The molecular formula is C18H23N5O4S. The second-order valence-electron chi connectivity index (χ2n) is 5.97. The molecular weight excluding hydrogens is 382 g/mol. The molecule has 0 atom stereocenters. The molecule has 2 N–H and O–H groups in total. The van der Waals surface area contributed by atoms with Crippen molar-refractivity contribution in [3.05, 3.63) is 70.3 Å². The molecule has 0 aromatic heterocycles. The van der Waals surface area contributed by atoms with Crippen LogP contribution in [0, 0.1) is 10.1 Å². The van der Waals surface area contributed by atoms with E-state index in [4.69, 9.17) is 0 Å². The number of rotatable bonds is 8. The number of nitrogens with zero attached hydrogens (tertiary/aromatic N) is 3. The number of nitro benzene ring substituents is 1. The van der Waals surface area contributed by atoms with Crippen LogP contribution in [0.3, 0.4) is 0 Å². The first-order chi connectivity index (χ1) is 13.3. The van der Waals surface area contributed by atoms with Crippen molar-refractivity contribution in [1.29, 1.82) is 0 Å². The van der Waals surface area contributed by atoms with Crippen molar-refractivity contribution in [1.82, 2.24) is 14.9 Å². The Morgan fingerprint density at radius 3 is 2.50 bits per heavy atom. The fourth-order valence-corrected chi connectivity index (χ4v) is 3.60. The summed E-state index contributed by atoms with van der Waals surface area (Å²) in [6.45, 7) is 1.06. The number of guanidine groups is 1. The van der Waals surface area contributed by atoms with E-state index in [1.54, 1.807) is 7.05 Å². The summed E-state index contributed by atoms with van der Waals surface area (Å²) in [6.07, 6.45) is 0. The molecule has 0 radical (unpaired) electrons. The van der Waals surface area contributed by atoms with E-state index in [-0.39, 0.29) is 17.1 Å². The van der Waals surface area contributed by atoms with Crippen LogP contribution in [0.4, 0.5) is 5.69 Å². The van der Waals surface area contributed by atoms with E-state index in [9.17, 15) is 18.5 Å². The van der Waals surface area contributed by atoms with E-state index in [1.807, 2.05) is 42.3 Å². The quantitative estimate of drug-likeness (QED) is 0.226. The number of benzene rings is 2. The van der Waals surface area contributed by atoms with Gasteiger partial charge in [-0.15, -0.1) is 0 Å². The minimum atomic E-state index is -3.84. The fourth-order valence-electron chi connectivity index (χ4n) is 2.52. The van der Waals surface area contributed by atoms with E-state index in [0.29, 0.717) is 19.0 Å². The summed E-state index contributed by atoms with van der Waals surface area (Å²) >= 11 is 0. The van der Waals surface area contributed by atoms with Crippen LogP contribution in [-0.2, 0) is 16.6 Å². The summed E-state index contributed by atoms with van der Waals surface area (Å²) in [5.41, 5.74) is 0.850. The molecule has 0 aliphatic carbocycles. The molecule has 0 aliphatic heterocycles. The van der Waals surface area contributed by atoms with Crippen molar-refractivity contribution in [3.63, 3.8) is 0 Å². The molecule has 0 unspecified atom stereocenters. The molecule has 9 nitrogen and oxygen atoms in total. The average Bonchev–Trinajstić information content (AvgIpc) is 2.68. The number of nitrogens with one attached hydrogen (secondary N) is 2. The highest BCUT2D eigenvalue weighted by atomic mass is 32.2. The number of nitro groups is 1. The van der Waals surface area contributed by atoms with E-state index in [0.717, 1.165) is 11.6 Å². The highest BCUT2D eigenvalue weighted by Crippen LogP contribution is 2.16. The largest absolute Gasteiger partial charge is 0.355 e. The lowest BCUT2D eigenvalue weighted by Crippen LogP contribution is -2.42. The summed E-state index contributed by atoms with van der Waals surface area (Å²) in [5, 5.41) is 13.9. The lowest BCUT2D eigenvalue weighted by atomic mass is 10.2. The minimum absolute atomic E-state index is 0.100. The first kappa shape index (κ1) is 21.3. The van der Waals surface area contributed by atoms with Gasteiger partial charge in [0.2, 0.25) is 10.0 Å². The van der Waals surface area contributed by atoms with Crippen molar-refractivity contribution < 1.29 is 13.3 Å². The molecule has 0 heterocycles. The van der Waals surface area contributed by atoms with Crippen LogP contribution < -0.4 is 10.0 Å². The Morgan fingerprint density at radius 1 is 1.14 bits per heavy atom. The Morgan fingerprint density at radius 2 is 1.86 bits per heavy atom. The smallest absolute Gasteiger partial charge is 0.270 e. The third-order valence-electron chi connectivity index (χ3n) is 3.87. The first-order valence-corrected chi connectivity index (χ1v) is 10.0. The lowest BCUT2D eigenvalue weighted by molar-refractivity contribution is -0.385. The third kappa shape index (κ3) is 6.03. The molecule has 0 fully saturated rings. The van der Waals surface area contributed by atoms with Crippen LogP contribution in [0.15, 0.2) is 64.5 Å². The molecule has 0 amide bonds. The normalized spacial score (nSPS) is 11.9. The summed E-state index contributed by atoms with van der Waals surface area (Å²) in [7, 11) is -0.303. The average molecular weight is 405 g/mol. The molecule has 150 valence electrons. The maximum absolute atomic E-state index is 12.3. The number of sulfonamides is 1. The number of hydrogen-bond donors (Lipinski definition) is 2. The zero-order valence-electron chi connectivity index (χ0n) is 15.7. The Kier molecular flexibility index (Phi) is 7.47. The van der Waals surface area contributed by atoms with Crippen LogP contribution in [0.5, 0.6) is 0 Å². The van der Waals surface area contributed by atoms with Crippen LogP contribution in [0.2, 0.25) is 0 Å². The maximum atomic E-state index is 12.3. The van der Waals surface area contributed by atoms with Crippen molar-refractivity contribution in [2.45, 2.75) is 11.4 Å². The summed E-state index contributed by atoms with van der Waals surface area (Å²) in [6, 6.07) is 14.8. The fraction of sp³-hybridized carbons (Fsp3) is 0.278. The Bertz CT molecular complexity index is 932. The number of non-ortho nitro benzene ring substituents is 1. The highest BCUT2D eigenvalue weighted by molar-refractivity contribution is 7.89. The minimum Gasteiger partial charge on any atom is -0.355 e. The van der Waals surface area contributed by atoms with Gasteiger partial charge in [0.1, 0.15) is 0 Å².